The van der Waals surface area contributed by atoms with E-state index in [0.717, 1.165) is 11.8 Å². The van der Waals surface area contributed by atoms with E-state index in [1.54, 1.807) is 12.1 Å². The molecule has 2 rings (SSSR count). The average molecular weight is 411 g/mol. The number of anilines is 1. The van der Waals surface area contributed by atoms with E-state index in [0.29, 0.717) is 12.4 Å². The van der Waals surface area contributed by atoms with E-state index < -0.39 is 34.4 Å². The lowest BCUT2D eigenvalue weighted by Crippen LogP contribution is -2.24. The molecule has 0 aliphatic heterocycles. The van der Waals surface area contributed by atoms with E-state index in [1.165, 1.54) is 12.1 Å². The highest BCUT2D eigenvalue weighted by Crippen LogP contribution is 2.31. The molecule has 9 heteroatoms. The maximum atomic E-state index is 12.0. The van der Waals surface area contributed by atoms with Gasteiger partial charge in [0.25, 0.3) is 5.56 Å². The number of hydrogen-bond acceptors (Lipinski definition) is 5. The van der Waals surface area contributed by atoms with Crippen LogP contribution in [0.2, 0.25) is 0 Å². The van der Waals surface area contributed by atoms with Gasteiger partial charge in [0.1, 0.15) is 22.7 Å². The van der Waals surface area contributed by atoms with Crippen molar-refractivity contribution in [3.05, 3.63) is 45.7 Å². The van der Waals surface area contributed by atoms with E-state index >= 15 is 0 Å². The normalized spacial score (nSPS) is 10.4. The van der Waals surface area contributed by atoms with Gasteiger partial charge in [-0.15, -0.1) is 0 Å². The summed E-state index contributed by atoms with van der Waals surface area (Å²) >= 11 is 3.28. The number of pyridine rings is 1. The quantitative estimate of drug-likeness (QED) is 0.404. The van der Waals surface area contributed by atoms with Crippen molar-refractivity contribution in [3.8, 4) is 16.9 Å². The number of nitrogens with two attached hydrogens (primary N) is 1. The Kier molecular flexibility index (Phi) is 5.81. The number of benzene rings is 1. The SMILES string of the molecule is Nc1[nH]c(=O)c(C(=O)O)c(-c2cccc(OCCCBr)c2)c1C(=O)O. The Morgan fingerprint density at radius 2 is 1.88 bits per heavy atom. The van der Waals surface area contributed by atoms with Crippen molar-refractivity contribution in [3.63, 3.8) is 0 Å². The Hall–Kier alpha value is -2.81. The maximum Gasteiger partial charge on any atom is 0.342 e. The fourth-order valence-corrected chi connectivity index (χ4v) is 2.55. The zero-order valence-corrected chi connectivity index (χ0v) is 14.5. The summed E-state index contributed by atoms with van der Waals surface area (Å²) in [5.74, 6) is -2.99. The van der Waals surface area contributed by atoms with Crippen molar-refractivity contribution >= 4 is 33.7 Å². The number of carboxylic acid groups (broad SMARTS) is 2. The molecule has 2 aromatic rings. The van der Waals surface area contributed by atoms with Crippen LogP contribution in [0.4, 0.5) is 5.82 Å². The first-order valence-electron chi connectivity index (χ1n) is 7.18. The van der Waals surface area contributed by atoms with E-state index in [1.807, 2.05) is 0 Å². The smallest absolute Gasteiger partial charge is 0.342 e. The number of aromatic amines is 1. The number of aromatic nitrogens is 1. The second-order valence-corrected chi connectivity index (χ2v) is 5.81. The molecule has 0 saturated heterocycles. The first-order valence-corrected chi connectivity index (χ1v) is 8.30. The number of carboxylic acids is 2. The lowest BCUT2D eigenvalue weighted by molar-refractivity contribution is 0.0695. The van der Waals surface area contributed by atoms with Crippen LogP contribution in [0.5, 0.6) is 5.75 Å². The van der Waals surface area contributed by atoms with Gasteiger partial charge in [0.05, 0.1) is 6.61 Å². The molecule has 5 N–H and O–H groups in total. The Balaban J connectivity index is 2.69. The highest BCUT2D eigenvalue weighted by Gasteiger charge is 2.26. The summed E-state index contributed by atoms with van der Waals surface area (Å²) in [4.78, 5) is 37.1. The van der Waals surface area contributed by atoms with Crippen LogP contribution in [0, 0.1) is 0 Å². The second-order valence-electron chi connectivity index (χ2n) is 5.02. The number of H-pyrrole nitrogens is 1. The number of nitrogen functional groups attached to an aromatic ring is 1. The molecule has 0 fully saturated rings. The van der Waals surface area contributed by atoms with E-state index in [2.05, 4.69) is 20.9 Å². The molecule has 25 heavy (non-hydrogen) atoms. The third-order valence-electron chi connectivity index (χ3n) is 3.34. The number of halogens is 1. The molecule has 1 aromatic carbocycles. The number of hydrogen-bond donors (Lipinski definition) is 4. The molecular formula is C16H15BrN2O6. The van der Waals surface area contributed by atoms with Crippen LogP contribution in [-0.4, -0.2) is 39.1 Å². The van der Waals surface area contributed by atoms with E-state index in [-0.39, 0.29) is 11.1 Å². The van der Waals surface area contributed by atoms with Crippen LogP contribution in [0.1, 0.15) is 27.1 Å². The van der Waals surface area contributed by atoms with Crippen LogP contribution >= 0.6 is 15.9 Å². The molecule has 0 amide bonds. The predicted molar refractivity (Wildman–Crippen MR) is 94.7 cm³/mol. The van der Waals surface area contributed by atoms with Crippen LogP contribution in [-0.2, 0) is 0 Å². The summed E-state index contributed by atoms with van der Waals surface area (Å²) in [6, 6.07) is 6.19. The minimum absolute atomic E-state index is 0.212. The highest BCUT2D eigenvalue weighted by atomic mass is 79.9. The largest absolute Gasteiger partial charge is 0.494 e. The van der Waals surface area contributed by atoms with Crippen LogP contribution in [0.15, 0.2) is 29.1 Å². The summed E-state index contributed by atoms with van der Waals surface area (Å²) in [5.41, 5.74) is 3.41. The number of rotatable bonds is 7. The minimum Gasteiger partial charge on any atom is -0.494 e. The first kappa shape index (κ1) is 18.5. The first-order chi connectivity index (χ1) is 11.9. The van der Waals surface area contributed by atoms with Gasteiger partial charge < -0.3 is 25.7 Å². The maximum absolute atomic E-state index is 12.0. The Labute approximate surface area is 150 Å². The lowest BCUT2D eigenvalue weighted by Gasteiger charge is -2.13. The van der Waals surface area contributed by atoms with Crippen LogP contribution in [0.3, 0.4) is 0 Å². The standard InChI is InChI=1S/C16H15BrN2O6/c17-5-2-6-25-9-4-1-3-8(7-9)10-11(15(21)22)13(18)19-14(20)12(10)16(23)24/h1,3-4,7H,2,5-6H2,(H,21,22)(H,23,24)(H3,18,19,20). The molecule has 0 radical (unpaired) electrons. The zero-order chi connectivity index (χ0) is 18.6. The zero-order valence-electron chi connectivity index (χ0n) is 12.9. The number of ether oxygens (including phenoxy) is 1. The number of nitrogens with one attached hydrogen (secondary N) is 1. The Bertz CT molecular complexity index is 877. The van der Waals surface area contributed by atoms with Crippen LogP contribution in [0.25, 0.3) is 11.1 Å². The Morgan fingerprint density at radius 3 is 2.48 bits per heavy atom. The van der Waals surface area contributed by atoms with Gasteiger partial charge in [0.2, 0.25) is 0 Å². The molecule has 0 aliphatic carbocycles. The van der Waals surface area contributed by atoms with E-state index in [9.17, 15) is 24.6 Å². The predicted octanol–water partition coefficient (Wildman–Crippen LogP) is 2.18. The molecule has 1 aromatic heterocycles. The van der Waals surface area contributed by atoms with Gasteiger partial charge in [-0.05, 0) is 24.1 Å². The third-order valence-corrected chi connectivity index (χ3v) is 3.90. The second kappa shape index (κ2) is 7.84. The van der Waals surface area contributed by atoms with Gasteiger partial charge in [-0.2, -0.15) is 0 Å². The van der Waals surface area contributed by atoms with Gasteiger partial charge in [0.15, 0.2) is 0 Å². The van der Waals surface area contributed by atoms with Gasteiger partial charge >= 0.3 is 11.9 Å². The molecule has 1 heterocycles. The minimum atomic E-state index is -1.55. The van der Waals surface area contributed by atoms with Crippen molar-refractivity contribution in [2.75, 3.05) is 17.7 Å². The number of carbonyl (C=O) groups is 2. The Morgan fingerprint density at radius 1 is 1.20 bits per heavy atom. The van der Waals surface area contributed by atoms with E-state index in [4.69, 9.17) is 10.5 Å². The molecule has 8 nitrogen and oxygen atoms in total. The van der Waals surface area contributed by atoms with Gasteiger partial charge in [-0.3, -0.25) is 4.79 Å². The number of alkyl halides is 1. The van der Waals surface area contributed by atoms with Crippen molar-refractivity contribution in [1.29, 1.82) is 0 Å². The summed E-state index contributed by atoms with van der Waals surface area (Å²) in [6.45, 7) is 0.420. The summed E-state index contributed by atoms with van der Waals surface area (Å²) < 4.78 is 5.53. The molecule has 0 aliphatic rings. The van der Waals surface area contributed by atoms with Crippen molar-refractivity contribution in [2.45, 2.75) is 6.42 Å². The van der Waals surface area contributed by atoms with Crippen molar-refractivity contribution in [1.82, 2.24) is 4.98 Å². The summed E-state index contributed by atoms with van der Waals surface area (Å²) in [7, 11) is 0. The molecule has 0 bridgehead atoms. The molecular weight excluding hydrogens is 396 g/mol. The fraction of sp³-hybridized carbons (Fsp3) is 0.188. The van der Waals surface area contributed by atoms with Crippen molar-refractivity contribution in [2.24, 2.45) is 0 Å². The summed E-state index contributed by atoms with van der Waals surface area (Å²) in [5, 5.41) is 19.5. The molecule has 0 unspecified atom stereocenters. The fourth-order valence-electron chi connectivity index (χ4n) is 2.32. The monoisotopic (exact) mass is 410 g/mol. The molecule has 0 atom stereocenters. The lowest BCUT2D eigenvalue weighted by atomic mass is 9.95. The number of aromatic carboxylic acids is 2. The highest BCUT2D eigenvalue weighted by molar-refractivity contribution is 9.09. The van der Waals surface area contributed by atoms with Crippen molar-refractivity contribution < 1.29 is 24.5 Å². The topological polar surface area (TPSA) is 143 Å². The molecule has 0 spiro atoms. The molecule has 0 saturated carbocycles. The van der Waals surface area contributed by atoms with Gasteiger partial charge in [-0.25, -0.2) is 9.59 Å². The van der Waals surface area contributed by atoms with Gasteiger partial charge in [0, 0.05) is 10.9 Å². The summed E-state index contributed by atoms with van der Waals surface area (Å²) in [6.07, 6.45) is 0.753. The third kappa shape index (κ3) is 4.00. The van der Waals surface area contributed by atoms with Gasteiger partial charge in [-0.1, -0.05) is 28.1 Å². The average Bonchev–Trinajstić information content (AvgIpc) is 2.53. The van der Waals surface area contributed by atoms with Crippen LogP contribution < -0.4 is 16.0 Å². The molecule has 132 valence electrons.